The summed E-state index contributed by atoms with van der Waals surface area (Å²) in [4.78, 5) is 11.1. The number of benzene rings is 2. The van der Waals surface area contributed by atoms with Gasteiger partial charge in [-0.05, 0) is 35.2 Å². The molecular weight excluding hydrogens is 260 g/mol. The molecule has 0 heterocycles. The molecule has 3 nitrogen and oxygen atoms in total. The van der Waals surface area contributed by atoms with Gasteiger partial charge >= 0.3 is 0 Å². The van der Waals surface area contributed by atoms with Crippen molar-refractivity contribution in [1.82, 2.24) is 0 Å². The summed E-state index contributed by atoms with van der Waals surface area (Å²) in [7, 11) is 0. The van der Waals surface area contributed by atoms with Gasteiger partial charge in [0.2, 0.25) is 5.91 Å². The van der Waals surface area contributed by atoms with Crippen LogP contribution in [0.1, 0.15) is 37.8 Å². The second kappa shape index (κ2) is 6.93. The van der Waals surface area contributed by atoms with Gasteiger partial charge in [-0.15, -0.1) is 0 Å². The van der Waals surface area contributed by atoms with Crippen molar-refractivity contribution in [2.45, 2.75) is 33.2 Å². The van der Waals surface area contributed by atoms with E-state index in [1.54, 1.807) is 0 Å². The lowest BCUT2D eigenvalue weighted by molar-refractivity contribution is -0.114. The van der Waals surface area contributed by atoms with Crippen LogP contribution in [0, 0.1) is 0 Å². The fraction of sp³-hybridized carbons (Fsp3) is 0.278. The topological polar surface area (TPSA) is 41.1 Å². The Morgan fingerprint density at radius 2 is 1.71 bits per heavy atom. The van der Waals surface area contributed by atoms with Crippen LogP contribution in [-0.2, 0) is 11.3 Å². The van der Waals surface area contributed by atoms with Gasteiger partial charge in [-0.3, -0.25) is 4.79 Å². The maximum atomic E-state index is 11.1. The molecule has 0 saturated carbocycles. The summed E-state index contributed by atoms with van der Waals surface area (Å²) in [5, 5.41) is 6.16. The number of anilines is 2. The number of carbonyl (C=O) groups excluding carboxylic acids is 1. The zero-order chi connectivity index (χ0) is 15.2. The lowest BCUT2D eigenvalue weighted by Crippen LogP contribution is -2.06. The minimum absolute atomic E-state index is 0.0589. The molecule has 0 saturated heterocycles. The van der Waals surface area contributed by atoms with Gasteiger partial charge in [-0.25, -0.2) is 0 Å². The van der Waals surface area contributed by atoms with Crippen LogP contribution in [0.15, 0.2) is 48.5 Å². The highest BCUT2D eigenvalue weighted by molar-refractivity contribution is 5.89. The normalized spacial score (nSPS) is 10.5. The van der Waals surface area contributed by atoms with Crippen LogP contribution < -0.4 is 10.6 Å². The van der Waals surface area contributed by atoms with Crippen molar-refractivity contribution >= 4 is 17.3 Å². The van der Waals surface area contributed by atoms with Crippen molar-refractivity contribution in [3.05, 3.63) is 59.7 Å². The Balaban J connectivity index is 1.97. The summed E-state index contributed by atoms with van der Waals surface area (Å²) < 4.78 is 0. The van der Waals surface area contributed by atoms with Gasteiger partial charge in [0.15, 0.2) is 0 Å². The van der Waals surface area contributed by atoms with Gasteiger partial charge < -0.3 is 10.6 Å². The molecule has 2 aromatic carbocycles. The van der Waals surface area contributed by atoms with Crippen LogP contribution in [0.25, 0.3) is 0 Å². The summed E-state index contributed by atoms with van der Waals surface area (Å²) >= 11 is 0. The molecule has 0 aliphatic carbocycles. The lowest BCUT2D eigenvalue weighted by atomic mass is 10.0. The first-order valence-electron chi connectivity index (χ1n) is 7.25. The molecule has 0 aliphatic heterocycles. The van der Waals surface area contributed by atoms with Crippen molar-refractivity contribution < 1.29 is 4.79 Å². The second-order valence-electron chi connectivity index (χ2n) is 5.51. The van der Waals surface area contributed by atoms with Crippen LogP contribution in [0.2, 0.25) is 0 Å². The number of rotatable bonds is 5. The molecule has 0 aromatic heterocycles. The van der Waals surface area contributed by atoms with Crippen LogP contribution in [0.3, 0.4) is 0 Å². The van der Waals surface area contributed by atoms with Crippen LogP contribution >= 0.6 is 0 Å². The third-order valence-corrected chi connectivity index (χ3v) is 3.33. The van der Waals surface area contributed by atoms with E-state index in [9.17, 15) is 4.79 Å². The number of nitrogens with one attached hydrogen (secondary N) is 2. The predicted molar refractivity (Wildman–Crippen MR) is 88.6 cm³/mol. The van der Waals surface area contributed by atoms with Crippen molar-refractivity contribution in [2.24, 2.45) is 0 Å². The maximum absolute atomic E-state index is 11.1. The van der Waals surface area contributed by atoms with E-state index in [2.05, 4.69) is 48.7 Å². The Labute approximate surface area is 126 Å². The van der Waals surface area contributed by atoms with Gasteiger partial charge in [-0.2, -0.15) is 0 Å². The molecule has 0 radical (unpaired) electrons. The van der Waals surface area contributed by atoms with E-state index in [0.29, 0.717) is 5.92 Å². The van der Waals surface area contributed by atoms with Crippen molar-refractivity contribution in [2.75, 3.05) is 10.6 Å². The minimum Gasteiger partial charge on any atom is -0.381 e. The van der Waals surface area contributed by atoms with E-state index in [0.717, 1.165) is 17.9 Å². The molecular formula is C18H22N2O. The highest BCUT2D eigenvalue weighted by atomic mass is 16.1. The summed E-state index contributed by atoms with van der Waals surface area (Å²) in [6.07, 6.45) is 0. The van der Waals surface area contributed by atoms with Crippen molar-refractivity contribution in [1.29, 1.82) is 0 Å². The molecule has 0 atom stereocenters. The Morgan fingerprint density at radius 3 is 2.33 bits per heavy atom. The largest absolute Gasteiger partial charge is 0.381 e. The van der Waals surface area contributed by atoms with Gasteiger partial charge in [0.1, 0.15) is 0 Å². The average Bonchev–Trinajstić information content (AvgIpc) is 2.45. The lowest BCUT2D eigenvalue weighted by Gasteiger charge is -2.10. The standard InChI is InChI=1S/C18H22N2O/c1-13(2)16-9-7-15(8-10-16)12-19-17-5-4-6-18(11-17)20-14(3)21/h4-11,13,19H,12H2,1-3H3,(H,20,21). The maximum Gasteiger partial charge on any atom is 0.221 e. The molecule has 3 heteroatoms. The van der Waals surface area contributed by atoms with E-state index in [4.69, 9.17) is 0 Å². The smallest absolute Gasteiger partial charge is 0.221 e. The molecule has 1 amide bonds. The predicted octanol–water partition coefficient (Wildman–Crippen LogP) is 4.38. The fourth-order valence-electron chi connectivity index (χ4n) is 2.13. The fourth-order valence-corrected chi connectivity index (χ4v) is 2.13. The molecule has 2 aromatic rings. The Hall–Kier alpha value is -2.29. The molecule has 0 unspecified atom stereocenters. The zero-order valence-electron chi connectivity index (χ0n) is 12.8. The molecule has 2 rings (SSSR count). The van der Waals surface area contributed by atoms with E-state index in [-0.39, 0.29) is 5.91 Å². The quantitative estimate of drug-likeness (QED) is 0.854. The van der Waals surface area contributed by atoms with E-state index >= 15 is 0 Å². The zero-order valence-corrected chi connectivity index (χ0v) is 12.8. The summed E-state index contributed by atoms with van der Waals surface area (Å²) in [6.45, 7) is 6.67. The summed E-state index contributed by atoms with van der Waals surface area (Å²) in [5.41, 5.74) is 4.40. The van der Waals surface area contributed by atoms with Crippen LogP contribution in [0.4, 0.5) is 11.4 Å². The molecule has 0 bridgehead atoms. The SMILES string of the molecule is CC(=O)Nc1cccc(NCc2ccc(C(C)C)cc2)c1. The number of carbonyl (C=O) groups is 1. The first-order valence-corrected chi connectivity index (χ1v) is 7.25. The van der Waals surface area contributed by atoms with Gasteiger partial charge in [0, 0.05) is 24.8 Å². The van der Waals surface area contributed by atoms with E-state index < -0.39 is 0 Å². The van der Waals surface area contributed by atoms with Crippen LogP contribution in [0.5, 0.6) is 0 Å². The monoisotopic (exact) mass is 282 g/mol. The Bertz CT molecular complexity index is 603. The number of hydrogen-bond acceptors (Lipinski definition) is 2. The number of amides is 1. The first-order chi connectivity index (χ1) is 10.0. The van der Waals surface area contributed by atoms with E-state index in [1.165, 1.54) is 18.1 Å². The third-order valence-electron chi connectivity index (χ3n) is 3.33. The second-order valence-corrected chi connectivity index (χ2v) is 5.51. The minimum atomic E-state index is -0.0589. The summed E-state index contributed by atoms with van der Waals surface area (Å²) in [6, 6.07) is 16.4. The molecule has 0 aliphatic rings. The molecule has 0 fully saturated rings. The molecule has 110 valence electrons. The molecule has 0 spiro atoms. The van der Waals surface area contributed by atoms with Crippen LogP contribution in [-0.4, -0.2) is 5.91 Å². The van der Waals surface area contributed by atoms with Gasteiger partial charge in [0.05, 0.1) is 0 Å². The first kappa shape index (κ1) is 15.1. The highest BCUT2D eigenvalue weighted by Gasteiger charge is 2.00. The van der Waals surface area contributed by atoms with Gasteiger partial charge in [-0.1, -0.05) is 44.2 Å². The highest BCUT2D eigenvalue weighted by Crippen LogP contribution is 2.18. The Morgan fingerprint density at radius 1 is 1.05 bits per heavy atom. The van der Waals surface area contributed by atoms with Crippen molar-refractivity contribution in [3.8, 4) is 0 Å². The number of hydrogen-bond donors (Lipinski definition) is 2. The summed E-state index contributed by atoms with van der Waals surface area (Å²) in [5.74, 6) is 0.498. The van der Waals surface area contributed by atoms with Crippen molar-refractivity contribution in [3.63, 3.8) is 0 Å². The van der Waals surface area contributed by atoms with Gasteiger partial charge in [0.25, 0.3) is 0 Å². The molecule has 2 N–H and O–H groups in total. The Kier molecular flexibility index (Phi) is 4.99. The molecule has 21 heavy (non-hydrogen) atoms. The van der Waals surface area contributed by atoms with E-state index in [1.807, 2.05) is 24.3 Å². The average molecular weight is 282 g/mol. The third kappa shape index (κ3) is 4.63.